The number of nitro groups is 1. The molecule has 0 N–H and O–H groups in total. The van der Waals surface area contributed by atoms with Gasteiger partial charge in [-0.25, -0.2) is 4.79 Å². The highest BCUT2D eigenvalue weighted by atomic mass is 32.2. The number of benzene rings is 1. The Balaban J connectivity index is 1.60. The normalized spacial score (nSPS) is 26.3. The minimum atomic E-state index is -0.533. The van der Waals surface area contributed by atoms with Gasteiger partial charge in [0.15, 0.2) is 0 Å². The van der Waals surface area contributed by atoms with E-state index in [0.29, 0.717) is 12.0 Å². The number of rotatable bonds is 4. The van der Waals surface area contributed by atoms with Crippen LogP contribution >= 0.6 is 11.8 Å². The number of hydrogen-bond acceptors (Lipinski definition) is 6. The molecule has 0 radical (unpaired) electrons. The van der Waals surface area contributed by atoms with Crippen LogP contribution in [0.2, 0.25) is 0 Å². The topological polar surface area (TPSA) is 89.8 Å². The first-order valence-corrected chi connectivity index (χ1v) is 7.78. The van der Waals surface area contributed by atoms with E-state index < -0.39 is 16.9 Å². The number of carbonyl (C=O) groups excluding carboxylic acids is 2. The second-order valence-corrected chi connectivity index (χ2v) is 6.84. The molecule has 0 saturated carbocycles. The fraction of sp³-hybridized carbons (Fsp3) is 0.429. The molecule has 2 fully saturated rings. The molecule has 1 amide bonds. The lowest BCUT2D eigenvalue weighted by Gasteiger charge is -2.36. The molecule has 2 aliphatic heterocycles. The average Bonchev–Trinajstić information content (AvgIpc) is 2.76. The molecule has 0 aromatic heterocycles. The quantitative estimate of drug-likeness (QED) is 0.363. The summed E-state index contributed by atoms with van der Waals surface area (Å²) in [5.74, 6) is -0.437. The predicted octanol–water partition coefficient (Wildman–Crippen LogP) is 1.70. The zero-order valence-corrected chi connectivity index (χ0v) is 12.6. The number of nitro benzene ring substituents is 1. The van der Waals surface area contributed by atoms with Crippen LogP contribution in [-0.4, -0.2) is 38.4 Å². The molecule has 3 atom stereocenters. The van der Waals surface area contributed by atoms with Crippen molar-refractivity contribution >= 4 is 29.3 Å². The van der Waals surface area contributed by atoms with Crippen molar-refractivity contribution in [2.24, 2.45) is 0 Å². The molecule has 22 heavy (non-hydrogen) atoms. The van der Waals surface area contributed by atoms with E-state index in [2.05, 4.69) is 0 Å². The van der Waals surface area contributed by atoms with Gasteiger partial charge in [-0.3, -0.25) is 14.9 Å². The standard InChI is InChI=1S/C14H14N2O5S/c1-8-13(15-11(17)6-12(15)22-8)14(18)21-7-9-2-4-10(5-3-9)16(19)20/h2-5,8,12-13H,6-7H2,1H3/t8?,12-,13?/m1/s1. The van der Waals surface area contributed by atoms with Gasteiger partial charge in [-0.15, -0.1) is 11.8 Å². The number of nitrogens with zero attached hydrogens (tertiary/aromatic N) is 2. The Morgan fingerprint density at radius 1 is 1.45 bits per heavy atom. The van der Waals surface area contributed by atoms with Crippen LogP contribution in [0, 0.1) is 10.1 Å². The highest BCUT2D eigenvalue weighted by Gasteiger charge is 2.53. The van der Waals surface area contributed by atoms with Gasteiger partial charge in [-0.1, -0.05) is 6.92 Å². The second kappa shape index (κ2) is 5.60. The van der Waals surface area contributed by atoms with Gasteiger partial charge in [0.1, 0.15) is 12.6 Å². The second-order valence-electron chi connectivity index (χ2n) is 5.28. The fourth-order valence-corrected chi connectivity index (χ4v) is 4.16. The zero-order valence-electron chi connectivity index (χ0n) is 11.8. The largest absolute Gasteiger partial charge is 0.459 e. The number of esters is 1. The Morgan fingerprint density at radius 3 is 2.73 bits per heavy atom. The summed E-state index contributed by atoms with van der Waals surface area (Å²) in [7, 11) is 0. The molecular formula is C14H14N2O5S. The van der Waals surface area contributed by atoms with Crippen molar-refractivity contribution in [3.63, 3.8) is 0 Å². The molecular weight excluding hydrogens is 308 g/mol. The van der Waals surface area contributed by atoms with Gasteiger partial charge >= 0.3 is 5.97 Å². The molecule has 3 rings (SSSR count). The molecule has 1 aromatic rings. The Bertz CT molecular complexity index is 633. The number of ether oxygens (including phenoxy) is 1. The third kappa shape index (κ3) is 2.54. The first-order chi connectivity index (χ1) is 10.5. The molecule has 8 heteroatoms. The van der Waals surface area contributed by atoms with Crippen LogP contribution in [0.4, 0.5) is 5.69 Å². The van der Waals surface area contributed by atoms with Gasteiger partial charge in [0, 0.05) is 17.4 Å². The van der Waals surface area contributed by atoms with Crippen molar-refractivity contribution in [3.05, 3.63) is 39.9 Å². The van der Waals surface area contributed by atoms with Gasteiger partial charge in [-0.05, 0) is 17.7 Å². The number of hydrogen-bond donors (Lipinski definition) is 0. The van der Waals surface area contributed by atoms with E-state index in [1.807, 2.05) is 6.92 Å². The average molecular weight is 322 g/mol. The summed E-state index contributed by atoms with van der Waals surface area (Å²) in [5, 5.41) is 10.7. The predicted molar refractivity (Wildman–Crippen MR) is 79.0 cm³/mol. The van der Waals surface area contributed by atoms with Crippen LogP contribution in [0.15, 0.2) is 24.3 Å². The van der Waals surface area contributed by atoms with Crippen LogP contribution in [0.3, 0.4) is 0 Å². The fourth-order valence-electron chi connectivity index (χ4n) is 2.66. The van der Waals surface area contributed by atoms with Gasteiger partial charge in [0.25, 0.3) is 5.69 Å². The highest BCUT2D eigenvalue weighted by molar-refractivity contribution is 8.00. The molecule has 7 nitrogen and oxygen atoms in total. The minimum absolute atomic E-state index is 0.00934. The SMILES string of the molecule is CC1S[C@@H]2CC(=O)N2C1C(=O)OCc1ccc([N+](=O)[O-])cc1. The van der Waals surface area contributed by atoms with Gasteiger partial charge in [0.2, 0.25) is 5.91 Å². The zero-order chi connectivity index (χ0) is 15.9. The maximum Gasteiger partial charge on any atom is 0.330 e. The summed E-state index contributed by atoms with van der Waals surface area (Å²) >= 11 is 1.61. The van der Waals surface area contributed by atoms with Crippen LogP contribution < -0.4 is 0 Å². The number of β-lactam (4-membered cyclic amide) rings is 1. The van der Waals surface area contributed by atoms with Gasteiger partial charge in [-0.2, -0.15) is 0 Å². The Hall–Kier alpha value is -2.09. The van der Waals surface area contributed by atoms with Crippen molar-refractivity contribution in [1.82, 2.24) is 4.90 Å². The number of carbonyl (C=O) groups is 2. The smallest absolute Gasteiger partial charge is 0.330 e. The molecule has 0 aliphatic carbocycles. The number of amides is 1. The van der Waals surface area contributed by atoms with E-state index in [1.54, 1.807) is 28.8 Å². The van der Waals surface area contributed by atoms with E-state index in [4.69, 9.17) is 4.74 Å². The van der Waals surface area contributed by atoms with E-state index in [9.17, 15) is 19.7 Å². The summed E-state index contributed by atoms with van der Waals surface area (Å²) in [6.45, 7) is 1.95. The van der Waals surface area contributed by atoms with Crippen LogP contribution in [0.1, 0.15) is 18.9 Å². The molecule has 1 aromatic carbocycles. The molecule has 2 saturated heterocycles. The van der Waals surface area contributed by atoms with Crippen molar-refractivity contribution in [3.8, 4) is 0 Å². The van der Waals surface area contributed by atoms with Crippen LogP contribution in [-0.2, 0) is 20.9 Å². The van der Waals surface area contributed by atoms with Crippen LogP contribution in [0.25, 0.3) is 0 Å². The Labute approximate surface area is 130 Å². The summed E-state index contributed by atoms with van der Waals surface area (Å²) < 4.78 is 5.27. The summed E-state index contributed by atoms with van der Waals surface area (Å²) in [5.41, 5.74) is 0.661. The first-order valence-electron chi connectivity index (χ1n) is 6.84. The van der Waals surface area contributed by atoms with Crippen molar-refractivity contribution < 1.29 is 19.2 Å². The number of non-ortho nitro benzene ring substituents is 1. The molecule has 0 bridgehead atoms. The monoisotopic (exact) mass is 322 g/mol. The molecule has 2 unspecified atom stereocenters. The van der Waals surface area contributed by atoms with Crippen molar-refractivity contribution in [2.45, 2.75) is 36.6 Å². The van der Waals surface area contributed by atoms with Crippen molar-refractivity contribution in [2.75, 3.05) is 0 Å². The first kappa shape index (κ1) is 14.8. The van der Waals surface area contributed by atoms with E-state index >= 15 is 0 Å². The van der Waals surface area contributed by atoms with E-state index in [-0.39, 0.29) is 28.8 Å². The lowest BCUT2D eigenvalue weighted by molar-refractivity contribution is -0.384. The molecule has 0 spiro atoms. The maximum absolute atomic E-state index is 12.2. The number of thioether (sulfide) groups is 1. The van der Waals surface area contributed by atoms with E-state index in [1.165, 1.54) is 12.1 Å². The van der Waals surface area contributed by atoms with Crippen molar-refractivity contribution in [1.29, 1.82) is 0 Å². The number of fused-ring (bicyclic) bond motifs is 1. The summed E-state index contributed by atoms with van der Waals surface area (Å²) in [4.78, 5) is 35.5. The molecule has 2 heterocycles. The Morgan fingerprint density at radius 2 is 2.14 bits per heavy atom. The third-order valence-corrected chi connectivity index (χ3v) is 5.23. The summed E-state index contributed by atoms with van der Waals surface area (Å²) in [6, 6.07) is 5.30. The van der Waals surface area contributed by atoms with Gasteiger partial charge < -0.3 is 9.64 Å². The maximum atomic E-state index is 12.2. The highest BCUT2D eigenvalue weighted by Crippen LogP contribution is 2.44. The minimum Gasteiger partial charge on any atom is -0.459 e. The van der Waals surface area contributed by atoms with E-state index in [0.717, 1.165) is 0 Å². The molecule has 2 aliphatic rings. The lowest BCUT2D eigenvalue weighted by Crippen LogP contribution is -2.55. The van der Waals surface area contributed by atoms with Crippen LogP contribution in [0.5, 0.6) is 0 Å². The summed E-state index contributed by atoms with van der Waals surface area (Å²) in [6.07, 6.45) is 0.487. The third-order valence-electron chi connectivity index (χ3n) is 3.83. The van der Waals surface area contributed by atoms with Gasteiger partial charge in [0.05, 0.1) is 16.7 Å². The Kier molecular flexibility index (Phi) is 3.78. The lowest BCUT2D eigenvalue weighted by atomic mass is 10.1. The molecule has 116 valence electrons.